The number of piperazine rings is 1. The molecule has 5 N–H and O–H groups in total. The molecule has 0 spiro atoms. The Balaban J connectivity index is 0.971. The molecule has 5 amide bonds. The van der Waals surface area contributed by atoms with Gasteiger partial charge >= 0.3 is 0 Å². The Morgan fingerprint density at radius 2 is 1.63 bits per heavy atom. The number of para-hydroxylation sites is 1. The Kier molecular flexibility index (Phi) is 14.4. The van der Waals surface area contributed by atoms with Gasteiger partial charge in [0.05, 0.1) is 24.5 Å². The van der Waals surface area contributed by atoms with Gasteiger partial charge in [-0.2, -0.15) is 0 Å². The zero-order valence-corrected chi connectivity index (χ0v) is 37.9. The van der Waals surface area contributed by atoms with E-state index in [9.17, 15) is 37.1 Å². The van der Waals surface area contributed by atoms with Gasteiger partial charge in [0.15, 0.2) is 0 Å². The summed E-state index contributed by atoms with van der Waals surface area (Å²) in [7, 11) is 1.68. The standard InChI is InChI=1S/C50H57F3N8O6/c1-30-26-59(18-17-55-30)28-44(63)61-29-50(2,38-14-9-32(22-41(38)61)21-31-7-11-36(51)12-8-31)49(66)56-25-43(62)57-37-13-10-34-24-42(47(64)58-46-39(52)5-4-6-40(46)53)60(27-35(34)23-37)48(65)45(54-3)33-15-19-67-20-16-33/h4-14,22-23,30,33,42,45,54-55H,15-21,24-29H2,1-3H3,(H,56,66)(H,57,62)(H,58,64)/t30-,42+,45?,50?/m1/s1. The number of nitrogens with zero attached hydrogens (tertiary/aromatic N) is 3. The number of fused-ring (bicyclic) bond motifs is 2. The molecule has 67 heavy (non-hydrogen) atoms. The first kappa shape index (κ1) is 47.4. The summed E-state index contributed by atoms with van der Waals surface area (Å²) in [5.74, 6) is -4.50. The molecule has 17 heteroatoms. The van der Waals surface area contributed by atoms with Crippen LogP contribution in [0.5, 0.6) is 0 Å². The average molecular weight is 923 g/mol. The van der Waals surface area contributed by atoms with Crippen LogP contribution in [0.15, 0.2) is 78.9 Å². The van der Waals surface area contributed by atoms with E-state index in [4.69, 9.17) is 4.74 Å². The topological polar surface area (TPSA) is 164 Å². The van der Waals surface area contributed by atoms with Gasteiger partial charge in [-0.25, -0.2) is 13.2 Å². The van der Waals surface area contributed by atoms with E-state index in [1.54, 1.807) is 49.2 Å². The van der Waals surface area contributed by atoms with Gasteiger partial charge in [-0.05, 0) is 116 Å². The largest absolute Gasteiger partial charge is 0.381 e. The molecule has 0 bridgehead atoms. The summed E-state index contributed by atoms with van der Waals surface area (Å²) in [6.45, 7) is 6.80. The van der Waals surface area contributed by atoms with Crippen LogP contribution in [0.4, 0.5) is 30.2 Å². The second kappa shape index (κ2) is 20.4. The van der Waals surface area contributed by atoms with Crippen molar-refractivity contribution in [3.8, 4) is 0 Å². The van der Waals surface area contributed by atoms with E-state index < -0.39 is 52.5 Å². The molecular weight excluding hydrogens is 866 g/mol. The minimum absolute atomic E-state index is 0.0277. The van der Waals surface area contributed by atoms with Crippen LogP contribution in [0, 0.1) is 23.4 Å². The maximum absolute atomic E-state index is 14.7. The first-order chi connectivity index (χ1) is 32.2. The molecule has 8 rings (SSSR count). The van der Waals surface area contributed by atoms with Crippen molar-refractivity contribution in [2.24, 2.45) is 5.92 Å². The van der Waals surface area contributed by atoms with Crippen molar-refractivity contribution < 1.29 is 41.9 Å². The highest BCUT2D eigenvalue weighted by Gasteiger charge is 2.47. The maximum Gasteiger partial charge on any atom is 0.247 e. The fourth-order valence-electron chi connectivity index (χ4n) is 9.85. The monoisotopic (exact) mass is 922 g/mol. The Bertz CT molecular complexity index is 2500. The molecule has 4 heterocycles. The number of amides is 5. The lowest BCUT2D eigenvalue weighted by atomic mass is 9.83. The van der Waals surface area contributed by atoms with Crippen LogP contribution in [0.25, 0.3) is 0 Å². The van der Waals surface area contributed by atoms with Gasteiger partial charge in [0.2, 0.25) is 29.5 Å². The normalized spacial score (nSPS) is 21.2. The molecule has 2 fully saturated rings. The summed E-state index contributed by atoms with van der Waals surface area (Å²) < 4.78 is 48.5. The van der Waals surface area contributed by atoms with E-state index in [0.29, 0.717) is 73.6 Å². The van der Waals surface area contributed by atoms with Crippen molar-refractivity contribution in [2.75, 3.05) is 75.1 Å². The average Bonchev–Trinajstić information content (AvgIpc) is 3.62. The number of anilines is 3. The van der Waals surface area contributed by atoms with E-state index >= 15 is 0 Å². The molecule has 14 nitrogen and oxygen atoms in total. The van der Waals surface area contributed by atoms with Crippen LogP contribution in [0.3, 0.4) is 0 Å². The fraction of sp³-hybridized carbons (Fsp3) is 0.420. The number of halogens is 3. The summed E-state index contributed by atoms with van der Waals surface area (Å²) in [4.78, 5) is 75.2. The van der Waals surface area contributed by atoms with E-state index in [-0.39, 0.29) is 62.2 Å². The number of nitrogens with one attached hydrogen (secondary N) is 5. The number of carbonyl (C=O) groups excluding carboxylic acids is 5. The van der Waals surface area contributed by atoms with Crippen molar-refractivity contribution >= 4 is 46.6 Å². The highest BCUT2D eigenvalue weighted by molar-refractivity contribution is 6.04. The molecule has 2 saturated heterocycles. The fourth-order valence-corrected chi connectivity index (χ4v) is 9.85. The number of hydrogen-bond donors (Lipinski definition) is 5. The van der Waals surface area contributed by atoms with Crippen molar-refractivity contribution in [1.29, 1.82) is 0 Å². The summed E-state index contributed by atoms with van der Waals surface area (Å²) in [6.07, 6.45) is 1.79. The number of ether oxygens (including phenoxy) is 1. The Morgan fingerprint density at radius 1 is 0.896 bits per heavy atom. The van der Waals surface area contributed by atoms with Crippen LogP contribution < -0.4 is 31.5 Å². The van der Waals surface area contributed by atoms with Gasteiger partial charge in [0.1, 0.15) is 29.2 Å². The van der Waals surface area contributed by atoms with Crippen molar-refractivity contribution in [2.45, 2.75) is 69.6 Å². The molecule has 0 aliphatic carbocycles. The maximum atomic E-state index is 14.7. The number of likely N-dealkylation sites (N-methyl/N-ethyl adjacent to an activating group) is 1. The molecule has 0 saturated carbocycles. The lowest BCUT2D eigenvalue weighted by molar-refractivity contribution is -0.143. The quantitative estimate of drug-likeness (QED) is 0.132. The van der Waals surface area contributed by atoms with Gasteiger partial charge in [-0.3, -0.25) is 28.9 Å². The number of hydrogen-bond acceptors (Lipinski definition) is 9. The number of benzene rings is 4. The SMILES string of the molecule is CNC(C(=O)N1Cc2cc(NC(=O)CNC(=O)C3(C)CN(C(=O)CN4CCN[C@H](C)C4)c4cc(Cc5ccc(F)cc5)ccc43)ccc2C[C@H]1C(=O)Nc1c(F)cccc1F)C1CCOCC1. The second-order valence-electron chi connectivity index (χ2n) is 18.3. The van der Waals surface area contributed by atoms with E-state index in [1.165, 1.54) is 23.1 Å². The third-order valence-electron chi connectivity index (χ3n) is 13.5. The zero-order chi connectivity index (χ0) is 47.4. The Hall–Kier alpha value is -6.14. The predicted octanol–water partition coefficient (Wildman–Crippen LogP) is 4.25. The molecule has 4 aromatic rings. The van der Waals surface area contributed by atoms with Crippen LogP contribution in [0.2, 0.25) is 0 Å². The first-order valence-electron chi connectivity index (χ1n) is 22.8. The molecule has 2 unspecified atom stereocenters. The molecule has 0 aromatic heterocycles. The van der Waals surface area contributed by atoms with E-state index in [2.05, 4.69) is 38.4 Å². The zero-order valence-electron chi connectivity index (χ0n) is 37.9. The molecule has 4 aliphatic rings. The Labute approximate surface area is 388 Å². The van der Waals surface area contributed by atoms with Gasteiger partial charge in [0, 0.05) is 69.8 Å². The predicted molar refractivity (Wildman–Crippen MR) is 247 cm³/mol. The van der Waals surface area contributed by atoms with E-state index in [0.717, 1.165) is 29.8 Å². The third kappa shape index (κ3) is 10.5. The summed E-state index contributed by atoms with van der Waals surface area (Å²) in [6, 6.07) is 18.7. The van der Waals surface area contributed by atoms with Crippen LogP contribution in [-0.2, 0) is 53.5 Å². The van der Waals surface area contributed by atoms with Crippen LogP contribution in [0.1, 0.15) is 54.5 Å². The van der Waals surface area contributed by atoms with Gasteiger partial charge in [-0.1, -0.05) is 36.4 Å². The van der Waals surface area contributed by atoms with Crippen molar-refractivity contribution in [3.05, 3.63) is 124 Å². The molecule has 4 aliphatic heterocycles. The highest BCUT2D eigenvalue weighted by atomic mass is 19.1. The lowest BCUT2D eigenvalue weighted by Gasteiger charge is -2.40. The van der Waals surface area contributed by atoms with Gasteiger partial charge < -0.3 is 41.1 Å². The minimum atomic E-state index is -1.20. The lowest BCUT2D eigenvalue weighted by Crippen LogP contribution is -2.57. The van der Waals surface area contributed by atoms with Crippen LogP contribution >= 0.6 is 0 Å². The molecular formula is C50H57F3N8O6. The summed E-state index contributed by atoms with van der Waals surface area (Å²) in [5.41, 5.74) is 2.99. The molecule has 4 atom stereocenters. The third-order valence-corrected chi connectivity index (χ3v) is 13.5. The second-order valence-corrected chi connectivity index (χ2v) is 18.3. The van der Waals surface area contributed by atoms with Crippen molar-refractivity contribution in [3.63, 3.8) is 0 Å². The summed E-state index contributed by atoms with van der Waals surface area (Å²) >= 11 is 0. The molecule has 354 valence electrons. The smallest absolute Gasteiger partial charge is 0.247 e. The molecule has 4 aromatic carbocycles. The number of carbonyl (C=O) groups is 5. The van der Waals surface area contributed by atoms with Gasteiger partial charge in [-0.15, -0.1) is 0 Å². The molecule has 0 radical (unpaired) electrons. The van der Waals surface area contributed by atoms with E-state index in [1.807, 2.05) is 18.2 Å². The van der Waals surface area contributed by atoms with Crippen LogP contribution in [-0.4, -0.2) is 117 Å². The minimum Gasteiger partial charge on any atom is -0.381 e. The van der Waals surface area contributed by atoms with Gasteiger partial charge in [0.25, 0.3) is 0 Å². The summed E-state index contributed by atoms with van der Waals surface area (Å²) in [5, 5.41) is 14.5. The Morgan fingerprint density at radius 3 is 2.34 bits per heavy atom. The number of rotatable bonds is 13. The highest BCUT2D eigenvalue weighted by Crippen LogP contribution is 2.42. The van der Waals surface area contributed by atoms with Crippen molar-refractivity contribution in [1.82, 2.24) is 25.8 Å². The first-order valence-corrected chi connectivity index (χ1v) is 22.8.